The number of anilines is 1. The molecule has 17 heavy (non-hydrogen) atoms. The summed E-state index contributed by atoms with van der Waals surface area (Å²) in [5, 5.41) is 3.42. The lowest BCUT2D eigenvalue weighted by Crippen LogP contribution is -2.27. The highest BCUT2D eigenvalue weighted by Gasteiger charge is 2.19. The summed E-state index contributed by atoms with van der Waals surface area (Å²) < 4.78 is 0. The van der Waals surface area contributed by atoms with E-state index in [9.17, 15) is 0 Å². The van der Waals surface area contributed by atoms with Crippen LogP contribution in [0.4, 0.5) is 5.69 Å². The van der Waals surface area contributed by atoms with Crippen molar-refractivity contribution in [3.63, 3.8) is 0 Å². The number of nitrogens with two attached hydrogens (primary N) is 1. The molecule has 0 aromatic heterocycles. The van der Waals surface area contributed by atoms with Gasteiger partial charge in [-0.05, 0) is 61.6 Å². The molecule has 1 aromatic rings. The normalized spacial score (nSPS) is 27.6. The number of rotatable bonds is 2. The first kappa shape index (κ1) is 11.1. The summed E-state index contributed by atoms with van der Waals surface area (Å²) in [4.78, 5) is 0. The van der Waals surface area contributed by atoms with Crippen LogP contribution in [0.3, 0.4) is 0 Å². The molecule has 2 nitrogen and oxygen atoms in total. The zero-order valence-electron chi connectivity index (χ0n) is 10.4. The zero-order valence-corrected chi connectivity index (χ0v) is 10.4. The Morgan fingerprint density at radius 2 is 2.00 bits per heavy atom. The SMILES string of the molecule is NC1CCC(Cc2ccc3c(c2)CCN3)CC1. The lowest BCUT2D eigenvalue weighted by atomic mass is 9.82. The molecule has 1 fully saturated rings. The molecule has 1 aromatic carbocycles. The van der Waals surface area contributed by atoms with Crippen molar-refractivity contribution < 1.29 is 0 Å². The van der Waals surface area contributed by atoms with Crippen LogP contribution in [0, 0.1) is 5.92 Å². The fourth-order valence-electron chi connectivity index (χ4n) is 3.21. The Labute approximate surface area is 104 Å². The summed E-state index contributed by atoms with van der Waals surface area (Å²) in [6, 6.07) is 7.43. The van der Waals surface area contributed by atoms with E-state index in [1.165, 1.54) is 55.3 Å². The highest BCUT2D eigenvalue weighted by Crippen LogP contribution is 2.29. The van der Waals surface area contributed by atoms with Crippen LogP contribution in [0.1, 0.15) is 36.8 Å². The van der Waals surface area contributed by atoms with E-state index >= 15 is 0 Å². The molecule has 0 radical (unpaired) electrons. The molecule has 0 spiro atoms. The molecular weight excluding hydrogens is 208 g/mol. The Morgan fingerprint density at radius 1 is 1.18 bits per heavy atom. The largest absolute Gasteiger partial charge is 0.384 e. The fraction of sp³-hybridized carbons (Fsp3) is 0.600. The van der Waals surface area contributed by atoms with E-state index in [-0.39, 0.29) is 0 Å². The number of hydrogen-bond donors (Lipinski definition) is 2. The Hall–Kier alpha value is -1.02. The summed E-state index contributed by atoms with van der Waals surface area (Å²) in [6.07, 6.45) is 7.51. The third-order valence-corrected chi connectivity index (χ3v) is 4.30. The van der Waals surface area contributed by atoms with Gasteiger partial charge in [0.25, 0.3) is 0 Å². The molecule has 0 atom stereocenters. The van der Waals surface area contributed by atoms with E-state index in [0.717, 1.165) is 12.5 Å². The van der Waals surface area contributed by atoms with Crippen LogP contribution in [-0.4, -0.2) is 12.6 Å². The van der Waals surface area contributed by atoms with Gasteiger partial charge in [0.15, 0.2) is 0 Å². The van der Waals surface area contributed by atoms with Crippen molar-refractivity contribution in [3.05, 3.63) is 29.3 Å². The maximum absolute atomic E-state index is 5.96. The summed E-state index contributed by atoms with van der Waals surface area (Å²) in [5.74, 6) is 0.863. The van der Waals surface area contributed by atoms with Gasteiger partial charge in [-0.3, -0.25) is 0 Å². The molecule has 1 aliphatic carbocycles. The second-order valence-electron chi connectivity index (χ2n) is 5.65. The summed E-state index contributed by atoms with van der Waals surface area (Å²) >= 11 is 0. The Balaban J connectivity index is 1.65. The van der Waals surface area contributed by atoms with E-state index in [0.29, 0.717) is 6.04 Å². The van der Waals surface area contributed by atoms with E-state index in [1.807, 2.05) is 0 Å². The Morgan fingerprint density at radius 3 is 2.82 bits per heavy atom. The van der Waals surface area contributed by atoms with Gasteiger partial charge in [-0.25, -0.2) is 0 Å². The topological polar surface area (TPSA) is 38.0 Å². The van der Waals surface area contributed by atoms with Gasteiger partial charge >= 0.3 is 0 Å². The van der Waals surface area contributed by atoms with Gasteiger partial charge in [-0.15, -0.1) is 0 Å². The number of benzene rings is 1. The van der Waals surface area contributed by atoms with Gasteiger partial charge in [0.1, 0.15) is 0 Å². The molecule has 1 heterocycles. The fourth-order valence-corrected chi connectivity index (χ4v) is 3.21. The second-order valence-corrected chi connectivity index (χ2v) is 5.65. The highest BCUT2D eigenvalue weighted by molar-refractivity contribution is 5.56. The van der Waals surface area contributed by atoms with Crippen molar-refractivity contribution in [1.82, 2.24) is 0 Å². The molecule has 0 saturated heterocycles. The molecule has 0 unspecified atom stereocenters. The lowest BCUT2D eigenvalue weighted by Gasteiger charge is -2.26. The molecule has 1 saturated carbocycles. The van der Waals surface area contributed by atoms with Gasteiger partial charge in [0, 0.05) is 18.3 Å². The van der Waals surface area contributed by atoms with Crippen molar-refractivity contribution >= 4 is 5.69 Å². The van der Waals surface area contributed by atoms with Crippen LogP contribution in [0.15, 0.2) is 18.2 Å². The maximum Gasteiger partial charge on any atom is 0.0373 e. The smallest absolute Gasteiger partial charge is 0.0373 e. The molecular formula is C15H22N2. The minimum Gasteiger partial charge on any atom is -0.384 e. The summed E-state index contributed by atoms with van der Waals surface area (Å²) in [5.41, 5.74) is 10.3. The van der Waals surface area contributed by atoms with E-state index in [4.69, 9.17) is 5.73 Å². The first-order valence-electron chi connectivity index (χ1n) is 6.92. The van der Waals surface area contributed by atoms with Crippen LogP contribution in [0.5, 0.6) is 0 Å². The molecule has 3 rings (SSSR count). The minimum atomic E-state index is 0.468. The van der Waals surface area contributed by atoms with Crippen LogP contribution < -0.4 is 11.1 Å². The molecule has 3 N–H and O–H groups in total. The standard InChI is InChI=1S/C15H22N2/c16-14-4-1-11(2-5-14)9-12-3-6-15-13(10-12)7-8-17-15/h3,6,10-11,14,17H,1-2,4-5,7-9,16H2. The van der Waals surface area contributed by atoms with Crippen molar-refractivity contribution in [2.75, 3.05) is 11.9 Å². The maximum atomic E-state index is 5.96. The van der Waals surface area contributed by atoms with E-state index in [1.54, 1.807) is 0 Å². The Kier molecular flexibility index (Phi) is 3.06. The average molecular weight is 230 g/mol. The van der Waals surface area contributed by atoms with Gasteiger partial charge in [0.2, 0.25) is 0 Å². The van der Waals surface area contributed by atoms with Crippen LogP contribution in [0.25, 0.3) is 0 Å². The van der Waals surface area contributed by atoms with Gasteiger partial charge < -0.3 is 11.1 Å². The van der Waals surface area contributed by atoms with E-state index in [2.05, 4.69) is 23.5 Å². The lowest BCUT2D eigenvalue weighted by molar-refractivity contribution is 0.325. The molecule has 0 amide bonds. The van der Waals surface area contributed by atoms with Crippen molar-refractivity contribution in [2.45, 2.75) is 44.6 Å². The quantitative estimate of drug-likeness (QED) is 0.820. The minimum absolute atomic E-state index is 0.468. The molecule has 1 aliphatic heterocycles. The molecule has 2 heteroatoms. The van der Waals surface area contributed by atoms with Crippen LogP contribution >= 0.6 is 0 Å². The van der Waals surface area contributed by atoms with Crippen LogP contribution in [-0.2, 0) is 12.8 Å². The first-order chi connectivity index (χ1) is 8.31. The van der Waals surface area contributed by atoms with Gasteiger partial charge in [-0.1, -0.05) is 12.1 Å². The molecule has 0 bridgehead atoms. The molecule has 2 aliphatic rings. The van der Waals surface area contributed by atoms with Crippen molar-refractivity contribution in [2.24, 2.45) is 11.7 Å². The monoisotopic (exact) mass is 230 g/mol. The summed E-state index contributed by atoms with van der Waals surface area (Å²) in [7, 11) is 0. The van der Waals surface area contributed by atoms with Crippen molar-refractivity contribution in [1.29, 1.82) is 0 Å². The number of fused-ring (bicyclic) bond motifs is 1. The van der Waals surface area contributed by atoms with Gasteiger partial charge in [-0.2, -0.15) is 0 Å². The third-order valence-electron chi connectivity index (χ3n) is 4.30. The second kappa shape index (κ2) is 4.69. The summed E-state index contributed by atoms with van der Waals surface area (Å²) in [6.45, 7) is 1.11. The number of hydrogen-bond acceptors (Lipinski definition) is 2. The first-order valence-corrected chi connectivity index (χ1v) is 6.92. The third kappa shape index (κ3) is 2.47. The predicted octanol–water partition coefficient (Wildman–Crippen LogP) is 2.71. The van der Waals surface area contributed by atoms with Crippen molar-refractivity contribution in [3.8, 4) is 0 Å². The average Bonchev–Trinajstić information content (AvgIpc) is 2.79. The molecule has 92 valence electrons. The highest BCUT2D eigenvalue weighted by atomic mass is 14.9. The predicted molar refractivity (Wildman–Crippen MR) is 72.3 cm³/mol. The number of nitrogens with one attached hydrogen (secondary N) is 1. The zero-order chi connectivity index (χ0) is 11.7. The van der Waals surface area contributed by atoms with Gasteiger partial charge in [0.05, 0.1) is 0 Å². The van der Waals surface area contributed by atoms with Crippen LogP contribution in [0.2, 0.25) is 0 Å². The van der Waals surface area contributed by atoms with E-state index < -0.39 is 0 Å². The Bertz CT molecular complexity index is 392.